The van der Waals surface area contributed by atoms with Crippen molar-refractivity contribution in [2.75, 3.05) is 0 Å². The molecule has 124 valence electrons. The SMILES string of the molecule is NC(=O)CC(NC(=O)/C=C/c1coc2ccccc2c1=O)C(=O)O. The molecule has 0 radical (unpaired) electrons. The molecule has 0 aliphatic rings. The molecule has 0 aliphatic heterocycles. The van der Waals surface area contributed by atoms with Gasteiger partial charge in [-0.3, -0.25) is 14.4 Å². The predicted octanol–water partition coefficient (Wildman–Crippen LogP) is 0.251. The number of carboxylic acid groups (broad SMARTS) is 1. The summed E-state index contributed by atoms with van der Waals surface area (Å²) >= 11 is 0. The normalized spacial score (nSPS) is 12.2. The number of benzene rings is 1. The van der Waals surface area contributed by atoms with Gasteiger partial charge in [-0.25, -0.2) is 4.79 Å². The van der Waals surface area contributed by atoms with Crippen LogP contribution < -0.4 is 16.5 Å². The predicted molar refractivity (Wildman–Crippen MR) is 84.9 cm³/mol. The second-order valence-electron chi connectivity index (χ2n) is 4.92. The zero-order chi connectivity index (χ0) is 17.7. The monoisotopic (exact) mass is 330 g/mol. The van der Waals surface area contributed by atoms with Gasteiger partial charge in [-0.2, -0.15) is 0 Å². The number of para-hydroxylation sites is 1. The zero-order valence-electron chi connectivity index (χ0n) is 12.4. The van der Waals surface area contributed by atoms with Gasteiger partial charge in [0.05, 0.1) is 17.4 Å². The summed E-state index contributed by atoms with van der Waals surface area (Å²) in [5.74, 6) is -3.03. The highest BCUT2D eigenvalue weighted by Gasteiger charge is 2.21. The Balaban J connectivity index is 2.17. The number of aliphatic carboxylic acids is 1. The number of hydrogen-bond acceptors (Lipinski definition) is 5. The third-order valence-electron chi connectivity index (χ3n) is 3.14. The second-order valence-corrected chi connectivity index (χ2v) is 4.92. The molecule has 0 saturated carbocycles. The van der Waals surface area contributed by atoms with Crippen molar-refractivity contribution in [3.05, 3.63) is 52.4 Å². The molecular formula is C16H14N2O6. The van der Waals surface area contributed by atoms with Crippen molar-refractivity contribution < 1.29 is 23.9 Å². The molecule has 2 amide bonds. The van der Waals surface area contributed by atoms with Crippen LogP contribution in [0.4, 0.5) is 0 Å². The van der Waals surface area contributed by atoms with Crippen LogP contribution in [0.3, 0.4) is 0 Å². The Hall–Kier alpha value is -3.42. The van der Waals surface area contributed by atoms with E-state index in [4.69, 9.17) is 15.3 Å². The number of nitrogens with one attached hydrogen (secondary N) is 1. The van der Waals surface area contributed by atoms with Gasteiger partial charge in [-0.15, -0.1) is 0 Å². The number of amides is 2. The molecule has 1 heterocycles. The van der Waals surface area contributed by atoms with Crippen LogP contribution in [0.25, 0.3) is 17.0 Å². The Labute approximate surface area is 135 Å². The maximum absolute atomic E-state index is 12.2. The van der Waals surface area contributed by atoms with Crippen LogP contribution in [-0.4, -0.2) is 28.9 Å². The molecule has 0 bridgehead atoms. The number of carbonyl (C=O) groups is 3. The number of fused-ring (bicyclic) bond motifs is 1. The fourth-order valence-electron chi connectivity index (χ4n) is 1.99. The number of carbonyl (C=O) groups excluding carboxylic acids is 2. The molecule has 1 atom stereocenters. The van der Waals surface area contributed by atoms with E-state index in [1.54, 1.807) is 24.3 Å². The van der Waals surface area contributed by atoms with Gasteiger partial charge in [0.15, 0.2) is 5.43 Å². The van der Waals surface area contributed by atoms with Crippen molar-refractivity contribution in [3.8, 4) is 0 Å². The molecule has 0 spiro atoms. The van der Waals surface area contributed by atoms with E-state index in [0.29, 0.717) is 11.0 Å². The van der Waals surface area contributed by atoms with Gasteiger partial charge in [0.1, 0.15) is 17.9 Å². The maximum atomic E-state index is 12.2. The molecule has 0 fully saturated rings. The zero-order valence-corrected chi connectivity index (χ0v) is 12.4. The first kappa shape index (κ1) is 16.9. The lowest BCUT2D eigenvalue weighted by atomic mass is 10.1. The van der Waals surface area contributed by atoms with Crippen molar-refractivity contribution in [1.82, 2.24) is 5.32 Å². The Morgan fingerprint density at radius 1 is 1.29 bits per heavy atom. The van der Waals surface area contributed by atoms with Gasteiger partial charge < -0.3 is 20.6 Å². The number of primary amides is 1. The highest BCUT2D eigenvalue weighted by molar-refractivity contribution is 5.95. The van der Waals surface area contributed by atoms with Crippen LogP contribution >= 0.6 is 0 Å². The lowest BCUT2D eigenvalue weighted by Gasteiger charge is -2.10. The molecule has 1 unspecified atom stereocenters. The summed E-state index contributed by atoms with van der Waals surface area (Å²) in [6.45, 7) is 0. The third-order valence-corrected chi connectivity index (χ3v) is 3.14. The van der Waals surface area contributed by atoms with Crippen molar-refractivity contribution in [2.24, 2.45) is 5.73 Å². The summed E-state index contributed by atoms with van der Waals surface area (Å²) in [4.78, 5) is 45.7. The topological polar surface area (TPSA) is 140 Å². The Morgan fingerprint density at radius 3 is 2.67 bits per heavy atom. The van der Waals surface area contributed by atoms with Crippen molar-refractivity contribution in [3.63, 3.8) is 0 Å². The third kappa shape index (κ3) is 4.07. The smallest absolute Gasteiger partial charge is 0.326 e. The van der Waals surface area contributed by atoms with E-state index in [9.17, 15) is 19.2 Å². The highest BCUT2D eigenvalue weighted by Crippen LogP contribution is 2.11. The summed E-state index contributed by atoms with van der Waals surface area (Å²) in [7, 11) is 0. The van der Waals surface area contributed by atoms with Crippen molar-refractivity contribution >= 4 is 34.8 Å². The minimum absolute atomic E-state index is 0.130. The molecule has 2 rings (SSSR count). The largest absolute Gasteiger partial charge is 0.480 e. The molecule has 0 saturated heterocycles. The molecule has 24 heavy (non-hydrogen) atoms. The number of hydrogen-bond donors (Lipinski definition) is 3. The van der Waals surface area contributed by atoms with Gasteiger partial charge in [0.25, 0.3) is 0 Å². The van der Waals surface area contributed by atoms with Crippen LogP contribution in [0.1, 0.15) is 12.0 Å². The van der Waals surface area contributed by atoms with Crippen LogP contribution in [0.5, 0.6) is 0 Å². The van der Waals surface area contributed by atoms with Crippen LogP contribution in [0.2, 0.25) is 0 Å². The minimum atomic E-state index is -1.44. The summed E-state index contributed by atoms with van der Waals surface area (Å²) in [5, 5.41) is 11.4. The average molecular weight is 330 g/mol. The Kier molecular flexibility index (Phi) is 5.10. The fraction of sp³-hybridized carbons (Fsp3) is 0.125. The second kappa shape index (κ2) is 7.23. The molecule has 1 aromatic carbocycles. The average Bonchev–Trinajstić information content (AvgIpc) is 2.53. The Bertz CT molecular complexity index is 884. The number of rotatable bonds is 6. The molecule has 0 aliphatic carbocycles. The van der Waals surface area contributed by atoms with E-state index in [1.807, 2.05) is 0 Å². The first-order valence-electron chi connectivity index (χ1n) is 6.88. The molecule has 8 nitrogen and oxygen atoms in total. The number of nitrogens with two attached hydrogens (primary N) is 1. The first-order valence-corrected chi connectivity index (χ1v) is 6.88. The quantitative estimate of drug-likeness (QED) is 0.649. The van der Waals surface area contributed by atoms with E-state index in [1.165, 1.54) is 12.3 Å². The van der Waals surface area contributed by atoms with E-state index in [0.717, 1.165) is 6.08 Å². The van der Waals surface area contributed by atoms with E-state index < -0.39 is 30.2 Å². The van der Waals surface area contributed by atoms with Crippen LogP contribution in [0, 0.1) is 0 Å². The van der Waals surface area contributed by atoms with E-state index in [2.05, 4.69) is 5.32 Å². The van der Waals surface area contributed by atoms with E-state index in [-0.39, 0.29) is 11.0 Å². The number of carboxylic acids is 1. The van der Waals surface area contributed by atoms with Crippen LogP contribution in [0.15, 0.2) is 45.8 Å². The van der Waals surface area contributed by atoms with Gasteiger partial charge in [-0.05, 0) is 18.2 Å². The maximum Gasteiger partial charge on any atom is 0.326 e. The van der Waals surface area contributed by atoms with Crippen molar-refractivity contribution in [2.45, 2.75) is 12.5 Å². The van der Waals surface area contributed by atoms with Gasteiger partial charge >= 0.3 is 5.97 Å². The first-order chi connectivity index (χ1) is 11.4. The Morgan fingerprint density at radius 2 is 2.00 bits per heavy atom. The molecule has 1 aromatic heterocycles. The molecule has 8 heteroatoms. The van der Waals surface area contributed by atoms with Gasteiger partial charge in [-0.1, -0.05) is 12.1 Å². The summed E-state index contributed by atoms with van der Waals surface area (Å²) < 4.78 is 5.29. The standard InChI is InChI=1S/C16H14N2O6/c17-13(19)7-11(16(22)23)18-14(20)6-5-9-8-24-12-4-2-1-3-10(12)15(9)21/h1-6,8,11H,7H2,(H2,17,19)(H,18,20)(H,22,23)/b6-5+. The summed E-state index contributed by atoms with van der Waals surface area (Å²) in [6, 6.07) is 5.19. The summed E-state index contributed by atoms with van der Waals surface area (Å²) in [6.07, 6.45) is 2.86. The molecular weight excluding hydrogens is 316 g/mol. The lowest BCUT2D eigenvalue weighted by Crippen LogP contribution is -2.42. The fourth-order valence-corrected chi connectivity index (χ4v) is 1.99. The lowest BCUT2D eigenvalue weighted by molar-refractivity contribution is -0.142. The van der Waals surface area contributed by atoms with Gasteiger partial charge in [0, 0.05) is 6.08 Å². The summed E-state index contributed by atoms with van der Waals surface area (Å²) in [5.41, 5.74) is 5.14. The van der Waals surface area contributed by atoms with Crippen LogP contribution in [-0.2, 0) is 14.4 Å². The molecule has 2 aromatic rings. The minimum Gasteiger partial charge on any atom is -0.480 e. The molecule has 4 N–H and O–H groups in total. The van der Waals surface area contributed by atoms with Crippen molar-refractivity contribution in [1.29, 1.82) is 0 Å². The van der Waals surface area contributed by atoms with Gasteiger partial charge in [0.2, 0.25) is 11.8 Å². The highest BCUT2D eigenvalue weighted by atomic mass is 16.4. The van der Waals surface area contributed by atoms with E-state index >= 15 is 0 Å².